The molecule has 0 aliphatic heterocycles. The van der Waals surface area contributed by atoms with Gasteiger partial charge in [0.1, 0.15) is 5.58 Å². The van der Waals surface area contributed by atoms with Gasteiger partial charge < -0.3 is 13.9 Å². The Labute approximate surface area is 80.7 Å². The van der Waals surface area contributed by atoms with E-state index in [0.717, 1.165) is 5.56 Å². The topological polar surface area (TPSA) is 48.7 Å². The number of hydrogen-bond donors (Lipinski definition) is 0. The highest BCUT2D eigenvalue weighted by Crippen LogP contribution is 2.33. The normalized spacial score (nSPS) is 11.0. The van der Waals surface area contributed by atoms with Crippen LogP contribution >= 0.6 is 0 Å². The molecule has 2 aromatic heterocycles. The largest absolute Gasteiger partial charge is 0.453 e. The van der Waals surface area contributed by atoms with E-state index in [0.29, 0.717) is 23.5 Å². The van der Waals surface area contributed by atoms with Crippen LogP contribution in [0.2, 0.25) is 0 Å². The summed E-state index contributed by atoms with van der Waals surface area (Å²) in [5.74, 6) is 0.134. The second-order valence-electron chi connectivity index (χ2n) is 3.04. The number of carbonyl (C=O) groups excluding carboxylic acids is 1. The minimum Gasteiger partial charge on any atom is -0.453 e. The van der Waals surface area contributed by atoms with Crippen LogP contribution in [-0.4, -0.2) is 13.1 Å². The molecule has 2 aromatic rings. The molecule has 0 fully saturated rings. The van der Waals surface area contributed by atoms with Gasteiger partial charge in [-0.05, 0) is 6.07 Å². The first kappa shape index (κ1) is 9.02. The lowest BCUT2D eigenvalue weighted by atomic mass is 10.2. The Balaban J connectivity index is 2.28. The van der Waals surface area contributed by atoms with Crippen molar-refractivity contribution in [1.29, 1.82) is 0 Å². The zero-order chi connectivity index (χ0) is 10.1. The lowest BCUT2D eigenvalue weighted by Gasteiger charge is -1.98. The lowest BCUT2D eigenvalue weighted by molar-refractivity contribution is -0.131. The van der Waals surface area contributed by atoms with E-state index in [-0.39, 0.29) is 5.97 Å². The predicted molar refractivity (Wildman–Crippen MR) is 49.4 cm³/mol. The van der Waals surface area contributed by atoms with Crippen molar-refractivity contribution in [2.45, 2.75) is 13.5 Å². The number of esters is 1. The van der Waals surface area contributed by atoms with Gasteiger partial charge >= 0.3 is 5.97 Å². The highest BCUT2D eigenvalue weighted by molar-refractivity contribution is 5.79. The van der Waals surface area contributed by atoms with Crippen molar-refractivity contribution in [3.8, 4) is 5.75 Å². The van der Waals surface area contributed by atoms with Gasteiger partial charge in [-0.25, -0.2) is 0 Å². The van der Waals surface area contributed by atoms with Crippen LogP contribution in [0.1, 0.15) is 12.5 Å². The minimum atomic E-state index is -0.345. The molecule has 74 valence electrons. The van der Waals surface area contributed by atoms with Gasteiger partial charge in [-0.2, -0.15) is 0 Å². The summed E-state index contributed by atoms with van der Waals surface area (Å²) in [4.78, 5) is 10.7. The van der Waals surface area contributed by atoms with Crippen LogP contribution in [0.5, 0.6) is 5.75 Å². The van der Waals surface area contributed by atoms with Crippen LogP contribution in [-0.2, 0) is 16.1 Å². The maximum atomic E-state index is 10.7. The number of furan rings is 2. The SMILES string of the molecule is COCc1cc2oc1cc2OC(C)=O. The van der Waals surface area contributed by atoms with Gasteiger partial charge in [0.25, 0.3) is 0 Å². The van der Waals surface area contributed by atoms with E-state index in [9.17, 15) is 4.79 Å². The molecular formula is C10H10O4. The van der Waals surface area contributed by atoms with Crippen LogP contribution < -0.4 is 4.74 Å². The predicted octanol–water partition coefficient (Wildman–Crippen LogP) is 1.94. The fourth-order valence-corrected chi connectivity index (χ4v) is 1.38. The number of benzene rings is 1. The molecule has 0 radical (unpaired) electrons. The molecule has 2 heterocycles. The van der Waals surface area contributed by atoms with Gasteiger partial charge in [-0.1, -0.05) is 0 Å². The third-order valence-electron chi connectivity index (χ3n) is 1.90. The second kappa shape index (κ2) is 3.31. The average molecular weight is 194 g/mol. The molecule has 0 aromatic carbocycles. The van der Waals surface area contributed by atoms with E-state index in [2.05, 4.69) is 0 Å². The Kier molecular flexibility index (Phi) is 2.13. The molecule has 2 bridgehead atoms. The van der Waals surface area contributed by atoms with Crippen LogP contribution in [0.25, 0.3) is 11.2 Å². The molecule has 0 N–H and O–H groups in total. The Morgan fingerprint density at radius 1 is 1.43 bits per heavy atom. The maximum absolute atomic E-state index is 10.7. The van der Waals surface area contributed by atoms with Gasteiger partial charge in [0.15, 0.2) is 11.3 Å². The molecule has 0 atom stereocenters. The summed E-state index contributed by atoms with van der Waals surface area (Å²) in [6, 6.07) is 3.52. The molecular weight excluding hydrogens is 184 g/mol. The van der Waals surface area contributed by atoms with E-state index < -0.39 is 0 Å². The molecule has 14 heavy (non-hydrogen) atoms. The van der Waals surface area contributed by atoms with Crippen molar-refractivity contribution in [2.24, 2.45) is 0 Å². The highest BCUT2D eigenvalue weighted by atomic mass is 16.5. The zero-order valence-electron chi connectivity index (χ0n) is 7.99. The third kappa shape index (κ3) is 1.44. The number of methoxy groups -OCH3 is 1. The lowest BCUT2D eigenvalue weighted by Crippen LogP contribution is -2.00. The minimum absolute atomic E-state index is 0.345. The Bertz CT molecular complexity index is 443. The van der Waals surface area contributed by atoms with Gasteiger partial charge in [-0.3, -0.25) is 4.79 Å². The number of rotatable bonds is 3. The molecule has 0 aliphatic carbocycles. The summed E-state index contributed by atoms with van der Waals surface area (Å²) in [5, 5.41) is 0. The first-order valence-corrected chi connectivity index (χ1v) is 4.23. The molecule has 0 saturated carbocycles. The smallest absolute Gasteiger partial charge is 0.308 e. The Morgan fingerprint density at radius 2 is 2.21 bits per heavy atom. The molecule has 0 aliphatic rings. The van der Waals surface area contributed by atoms with Crippen LogP contribution in [0.4, 0.5) is 0 Å². The van der Waals surface area contributed by atoms with Crippen molar-refractivity contribution in [3.63, 3.8) is 0 Å². The van der Waals surface area contributed by atoms with Crippen LogP contribution in [0, 0.1) is 0 Å². The number of fused-ring (bicyclic) bond motifs is 2. The van der Waals surface area contributed by atoms with Crippen molar-refractivity contribution in [2.75, 3.05) is 7.11 Å². The summed E-state index contributed by atoms with van der Waals surface area (Å²) < 4.78 is 15.2. The monoisotopic (exact) mass is 194 g/mol. The first-order valence-electron chi connectivity index (χ1n) is 4.23. The number of carbonyl (C=O) groups is 1. The molecule has 4 heteroatoms. The fourth-order valence-electron chi connectivity index (χ4n) is 1.38. The van der Waals surface area contributed by atoms with Crippen LogP contribution in [0.15, 0.2) is 16.5 Å². The Hall–Kier alpha value is -1.55. The summed E-state index contributed by atoms with van der Waals surface area (Å²) >= 11 is 0. The molecule has 2 rings (SSSR count). The van der Waals surface area contributed by atoms with Gasteiger partial charge in [0.2, 0.25) is 0 Å². The quantitative estimate of drug-likeness (QED) is 0.553. The van der Waals surface area contributed by atoms with Crippen molar-refractivity contribution in [1.82, 2.24) is 0 Å². The Morgan fingerprint density at radius 3 is 2.71 bits per heavy atom. The van der Waals surface area contributed by atoms with Crippen molar-refractivity contribution < 1.29 is 18.7 Å². The summed E-state index contributed by atoms with van der Waals surface area (Å²) in [6.45, 7) is 1.86. The molecule has 0 spiro atoms. The average Bonchev–Trinajstić information content (AvgIpc) is 2.62. The number of hydrogen-bond acceptors (Lipinski definition) is 4. The molecule has 0 unspecified atom stereocenters. The van der Waals surface area contributed by atoms with Crippen molar-refractivity contribution >= 4 is 17.1 Å². The van der Waals surface area contributed by atoms with E-state index in [1.807, 2.05) is 6.07 Å². The summed E-state index contributed by atoms with van der Waals surface area (Å²) in [5.41, 5.74) is 2.26. The molecule has 0 amide bonds. The van der Waals surface area contributed by atoms with E-state index in [4.69, 9.17) is 13.9 Å². The standard InChI is InChI=1S/C10H10O4/c1-6(11)13-10-4-8-7(5-12-2)3-9(10)14-8/h3-4H,5H2,1-2H3. The summed E-state index contributed by atoms with van der Waals surface area (Å²) in [7, 11) is 1.62. The molecule has 0 saturated heterocycles. The van der Waals surface area contributed by atoms with Gasteiger partial charge in [-0.15, -0.1) is 0 Å². The first-order chi connectivity index (χ1) is 6.70. The van der Waals surface area contributed by atoms with Crippen LogP contribution in [0.3, 0.4) is 0 Å². The molecule has 4 nitrogen and oxygen atoms in total. The van der Waals surface area contributed by atoms with E-state index in [1.54, 1.807) is 13.2 Å². The van der Waals surface area contributed by atoms with Crippen molar-refractivity contribution in [3.05, 3.63) is 17.7 Å². The van der Waals surface area contributed by atoms with E-state index >= 15 is 0 Å². The highest BCUT2D eigenvalue weighted by Gasteiger charge is 2.15. The summed E-state index contributed by atoms with van der Waals surface area (Å²) in [6.07, 6.45) is 0. The zero-order valence-corrected chi connectivity index (χ0v) is 7.99. The van der Waals surface area contributed by atoms with Gasteiger partial charge in [0.05, 0.1) is 6.61 Å². The fraction of sp³-hybridized carbons (Fsp3) is 0.300. The second-order valence-corrected chi connectivity index (χ2v) is 3.04. The maximum Gasteiger partial charge on any atom is 0.308 e. The van der Waals surface area contributed by atoms with Gasteiger partial charge in [0, 0.05) is 25.7 Å². The third-order valence-corrected chi connectivity index (χ3v) is 1.90. The van der Waals surface area contributed by atoms with E-state index in [1.165, 1.54) is 6.92 Å². The number of ether oxygens (including phenoxy) is 2.